The van der Waals surface area contributed by atoms with Gasteiger partial charge in [0.05, 0.1) is 0 Å². The van der Waals surface area contributed by atoms with Crippen LogP contribution in [0.3, 0.4) is 0 Å². The van der Waals surface area contributed by atoms with Gasteiger partial charge in [0, 0.05) is 0 Å². The van der Waals surface area contributed by atoms with E-state index in [9.17, 15) is 56.7 Å². The molecule has 0 aliphatic rings. The molecular weight excluding hydrogens is 365 g/mol. The van der Waals surface area contributed by atoms with E-state index in [2.05, 4.69) is 0 Å². The van der Waals surface area contributed by atoms with Gasteiger partial charge in [0.25, 0.3) is 0 Å². The van der Waals surface area contributed by atoms with Gasteiger partial charge in [-0.2, -0.15) is 60.9 Å². The molecule has 1 N–H and O–H groups in total. The highest BCUT2D eigenvalue weighted by molar-refractivity contribution is 7.80. The van der Waals surface area contributed by atoms with Gasteiger partial charge in [0.2, 0.25) is 0 Å². The minimum atomic E-state index is -7.81. The second kappa shape index (κ2) is 4.80. The zero-order valence-electron chi connectivity index (χ0n) is 8.74. The first-order chi connectivity index (χ1) is 8.71. The van der Waals surface area contributed by atoms with E-state index in [0.29, 0.717) is 0 Å². The Balaban J connectivity index is 6.00. The molecule has 0 rings (SSSR count). The molecule has 0 radical (unpaired) electrons. The third-order valence-electron chi connectivity index (χ3n) is 1.72. The Morgan fingerprint density at radius 2 is 1.00 bits per heavy atom. The summed E-state index contributed by atoms with van der Waals surface area (Å²) in [5.41, 5.74) is 0. The van der Waals surface area contributed by atoms with Crippen LogP contribution in [-0.4, -0.2) is 43.0 Å². The fourth-order valence-electron chi connectivity index (χ4n) is 0.743. The standard InChI is InChI=1S/C5HF11O4S/c6-1(7,2(8,9)4(12,13)14)3(10,11)5(15,16)20-21(17,18)19/h(H,17,18,19). The van der Waals surface area contributed by atoms with Crippen LogP contribution in [0.5, 0.6) is 0 Å². The van der Waals surface area contributed by atoms with Crippen molar-refractivity contribution in [3.05, 3.63) is 0 Å². The summed E-state index contributed by atoms with van der Waals surface area (Å²) in [6, 6.07) is 0. The number of rotatable bonds is 5. The minimum absolute atomic E-state index is 1.75. The zero-order chi connectivity index (χ0) is 17.7. The molecule has 0 aromatic rings. The Kier molecular flexibility index (Phi) is 4.60. The smallest absolute Gasteiger partial charge is 0.263 e. The molecule has 21 heavy (non-hydrogen) atoms. The van der Waals surface area contributed by atoms with Crippen LogP contribution < -0.4 is 0 Å². The van der Waals surface area contributed by atoms with Crippen molar-refractivity contribution in [2.75, 3.05) is 0 Å². The molecule has 128 valence electrons. The Morgan fingerprint density at radius 1 is 0.667 bits per heavy atom. The van der Waals surface area contributed by atoms with E-state index in [1.165, 1.54) is 0 Å². The fourth-order valence-corrected chi connectivity index (χ4v) is 1.11. The third-order valence-corrected chi connectivity index (χ3v) is 2.14. The van der Waals surface area contributed by atoms with Crippen molar-refractivity contribution in [2.24, 2.45) is 0 Å². The van der Waals surface area contributed by atoms with Crippen molar-refractivity contribution in [3.63, 3.8) is 0 Å². The van der Waals surface area contributed by atoms with Crippen molar-refractivity contribution in [1.29, 1.82) is 0 Å². The highest BCUT2D eigenvalue weighted by Crippen LogP contribution is 2.57. The molecule has 0 aliphatic carbocycles. The Bertz CT molecular complexity index is 491. The van der Waals surface area contributed by atoms with Crippen molar-refractivity contribution in [2.45, 2.75) is 30.1 Å². The average molecular weight is 366 g/mol. The largest absolute Gasteiger partial charge is 0.460 e. The fraction of sp³-hybridized carbons (Fsp3) is 1.00. The predicted molar refractivity (Wildman–Crippen MR) is 38.5 cm³/mol. The van der Waals surface area contributed by atoms with Crippen LogP contribution in [0.15, 0.2) is 0 Å². The molecule has 0 atom stereocenters. The van der Waals surface area contributed by atoms with Crippen LogP contribution in [0, 0.1) is 0 Å². The van der Waals surface area contributed by atoms with E-state index in [1.54, 1.807) is 4.18 Å². The van der Waals surface area contributed by atoms with Crippen LogP contribution in [0.1, 0.15) is 0 Å². The van der Waals surface area contributed by atoms with Gasteiger partial charge in [0.1, 0.15) is 0 Å². The third kappa shape index (κ3) is 3.31. The SMILES string of the molecule is O=S(=O)(O)OC(F)(F)C(F)(F)C(F)(F)C(F)(F)C(F)(F)F. The van der Waals surface area contributed by atoms with Crippen LogP contribution in [0.2, 0.25) is 0 Å². The molecule has 0 spiro atoms. The molecular formula is C5HF11O4S. The topological polar surface area (TPSA) is 63.6 Å². The Hall–Kier alpha value is -0.900. The lowest BCUT2D eigenvalue weighted by atomic mass is 10.0. The number of halogens is 11. The molecule has 0 unspecified atom stereocenters. The van der Waals surface area contributed by atoms with Gasteiger partial charge < -0.3 is 0 Å². The number of hydrogen-bond donors (Lipinski definition) is 1. The van der Waals surface area contributed by atoms with Crippen molar-refractivity contribution >= 4 is 10.4 Å². The van der Waals surface area contributed by atoms with Gasteiger partial charge in [-0.1, -0.05) is 0 Å². The van der Waals surface area contributed by atoms with Crippen LogP contribution in [-0.2, 0) is 14.6 Å². The predicted octanol–water partition coefficient (Wildman–Crippen LogP) is 2.87. The second-order valence-electron chi connectivity index (χ2n) is 3.25. The normalized spacial score (nSPS) is 16.2. The summed E-state index contributed by atoms with van der Waals surface area (Å²) < 4.78 is 163. The van der Waals surface area contributed by atoms with Crippen molar-refractivity contribution in [3.8, 4) is 0 Å². The summed E-state index contributed by atoms with van der Waals surface area (Å²) >= 11 is 0. The first kappa shape index (κ1) is 20.1. The van der Waals surface area contributed by atoms with Crippen LogP contribution in [0.25, 0.3) is 0 Å². The summed E-state index contributed by atoms with van der Waals surface area (Å²) in [5.74, 6) is -23.1. The second-order valence-corrected chi connectivity index (χ2v) is 4.27. The van der Waals surface area contributed by atoms with Crippen LogP contribution >= 0.6 is 0 Å². The molecule has 0 fully saturated rings. The van der Waals surface area contributed by atoms with Gasteiger partial charge in [-0.05, 0) is 0 Å². The molecule has 0 aromatic heterocycles. The molecule has 0 saturated carbocycles. The zero-order valence-corrected chi connectivity index (χ0v) is 9.55. The summed E-state index contributed by atoms with van der Waals surface area (Å²) in [6.45, 7) is 0. The lowest BCUT2D eigenvalue weighted by molar-refractivity contribution is -0.445. The van der Waals surface area contributed by atoms with E-state index in [4.69, 9.17) is 4.55 Å². The first-order valence-corrected chi connectivity index (χ1v) is 5.33. The molecule has 16 heteroatoms. The molecule has 0 amide bonds. The van der Waals surface area contributed by atoms with E-state index in [1.807, 2.05) is 0 Å². The van der Waals surface area contributed by atoms with Crippen molar-refractivity contribution in [1.82, 2.24) is 0 Å². The first-order valence-electron chi connectivity index (χ1n) is 3.97. The monoisotopic (exact) mass is 366 g/mol. The molecule has 0 aliphatic heterocycles. The minimum Gasteiger partial charge on any atom is -0.263 e. The molecule has 0 heterocycles. The Labute approximate surface area is 107 Å². The van der Waals surface area contributed by atoms with Gasteiger partial charge in [0.15, 0.2) is 0 Å². The summed E-state index contributed by atoms with van der Waals surface area (Å²) in [4.78, 5) is 0. The van der Waals surface area contributed by atoms with Crippen molar-refractivity contribution < 1.29 is 65.4 Å². The molecule has 0 saturated heterocycles. The van der Waals surface area contributed by atoms with Gasteiger partial charge in [-0.25, -0.2) is 0 Å². The summed E-state index contributed by atoms with van der Waals surface area (Å²) in [6.07, 6.45) is -14.5. The Morgan fingerprint density at radius 3 is 1.24 bits per heavy atom. The highest BCUT2D eigenvalue weighted by Gasteiger charge is 2.88. The van der Waals surface area contributed by atoms with E-state index < -0.39 is 40.5 Å². The quantitative estimate of drug-likeness (QED) is 0.601. The summed E-state index contributed by atoms with van der Waals surface area (Å²) in [5, 5.41) is 0. The number of hydrogen-bond acceptors (Lipinski definition) is 3. The maximum absolute atomic E-state index is 12.6. The summed E-state index contributed by atoms with van der Waals surface area (Å²) in [7, 11) is -6.60. The average Bonchev–Trinajstić information content (AvgIpc) is 2.10. The lowest BCUT2D eigenvalue weighted by Gasteiger charge is -2.35. The maximum atomic E-state index is 12.6. The molecule has 4 nitrogen and oxygen atoms in total. The van der Waals surface area contributed by atoms with E-state index in [-0.39, 0.29) is 0 Å². The van der Waals surface area contributed by atoms with E-state index in [0.717, 1.165) is 0 Å². The molecule has 0 aromatic carbocycles. The lowest BCUT2D eigenvalue weighted by Crippen LogP contribution is -2.67. The maximum Gasteiger partial charge on any atom is 0.460 e. The molecule has 0 bridgehead atoms. The van der Waals surface area contributed by atoms with Gasteiger partial charge in [-0.3, -0.25) is 4.55 Å². The van der Waals surface area contributed by atoms with E-state index >= 15 is 0 Å². The van der Waals surface area contributed by atoms with Gasteiger partial charge >= 0.3 is 40.5 Å². The highest BCUT2D eigenvalue weighted by atomic mass is 32.3. The number of alkyl halides is 11. The van der Waals surface area contributed by atoms with Crippen LogP contribution in [0.4, 0.5) is 48.3 Å². The van der Waals surface area contributed by atoms with Gasteiger partial charge in [-0.15, -0.1) is 0 Å².